The predicted molar refractivity (Wildman–Crippen MR) is 86.6 cm³/mol. The fraction of sp³-hybridized carbons (Fsp3) is 0.571. The Balaban J connectivity index is 2.59. The molecule has 1 aromatic rings. The minimum absolute atomic E-state index is 0.110. The van der Waals surface area contributed by atoms with Crippen LogP contribution in [0.15, 0.2) is 23.1 Å². The van der Waals surface area contributed by atoms with Gasteiger partial charge in [0.15, 0.2) is 0 Å². The quantitative estimate of drug-likeness (QED) is 0.645. The van der Waals surface area contributed by atoms with E-state index in [0.29, 0.717) is 18.7 Å². The molecule has 2 N–H and O–H groups in total. The molecule has 0 heterocycles. The summed E-state index contributed by atoms with van der Waals surface area (Å²) in [5.41, 5.74) is 0.348. The summed E-state index contributed by atoms with van der Waals surface area (Å²) in [5.74, 6) is 0.693. The molecule has 21 heavy (non-hydrogen) atoms. The molecular formula is C14H23FN2O2S2. The third kappa shape index (κ3) is 6.34. The number of unbranched alkanes of at least 4 members (excludes halogenated alkanes) is 2. The Morgan fingerprint density at radius 3 is 2.67 bits per heavy atom. The van der Waals surface area contributed by atoms with E-state index in [1.54, 1.807) is 18.8 Å². The van der Waals surface area contributed by atoms with Crippen molar-refractivity contribution in [3.8, 4) is 0 Å². The van der Waals surface area contributed by atoms with Gasteiger partial charge in [-0.05, 0) is 50.1 Å². The first kappa shape index (κ1) is 18.4. The lowest BCUT2D eigenvalue weighted by Gasteiger charge is -2.09. The molecular weight excluding hydrogens is 311 g/mol. The third-order valence-corrected chi connectivity index (χ3v) is 5.17. The molecule has 0 radical (unpaired) electrons. The van der Waals surface area contributed by atoms with Gasteiger partial charge in [-0.2, -0.15) is 11.8 Å². The molecule has 1 aromatic carbocycles. The second-order valence-corrected chi connectivity index (χ2v) is 7.49. The van der Waals surface area contributed by atoms with E-state index in [1.807, 2.05) is 0 Å². The van der Waals surface area contributed by atoms with Crippen LogP contribution < -0.4 is 10.0 Å². The van der Waals surface area contributed by atoms with Crippen LogP contribution in [-0.2, 0) is 16.6 Å². The van der Waals surface area contributed by atoms with Gasteiger partial charge >= 0.3 is 0 Å². The fourth-order valence-corrected chi connectivity index (χ4v) is 3.50. The molecule has 0 bridgehead atoms. The van der Waals surface area contributed by atoms with Crippen LogP contribution in [0.5, 0.6) is 0 Å². The summed E-state index contributed by atoms with van der Waals surface area (Å²) in [4.78, 5) is 0.110. The number of benzene rings is 1. The van der Waals surface area contributed by atoms with Crippen LogP contribution in [0.3, 0.4) is 0 Å². The topological polar surface area (TPSA) is 58.2 Å². The molecule has 0 aromatic heterocycles. The van der Waals surface area contributed by atoms with Gasteiger partial charge in [0.25, 0.3) is 0 Å². The van der Waals surface area contributed by atoms with Gasteiger partial charge in [0, 0.05) is 18.7 Å². The van der Waals surface area contributed by atoms with Crippen molar-refractivity contribution in [1.82, 2.24) is 10.0 Å². The molecule has 0 fully saturated rings. The third-order valence-electron chi connectivity index (χ3n) is 3.01. The van der Waals surface area contributed by atoms with E-state index in [1.165, 1.54) is 18.2 Å². The molecule has 0 saturated carbocycles. The maximum Gasteiger partial charge on any atom is 0.240 e. The van der Waals surface area contributed by atoms with E-state index in [4.69, 9.17) is 0 Å². The SMILES string of the molecule is CNCc1cc(S(=O)(=O)NCCCCCSC)ccc1F. The highest BCUT2D eigenvalue weighted by Crippen LogP contribution is 2.15. The van der Waals surface area contributed by atoms with E-state index in [2.05, 4.69) is 16.3 Å². The standard InChI is InChI=1S/C14H23FN2O2S2/c1-16-11-12-10-13(6-7-14(12)15)21(18,19)17-8-4-3-5-9-20-2/h6-7,10,16-17H,3-5,8-9,11H2,1-2H3. The number of rotatable bonds is 10. The molecule has 120 valence electrons. The second-order valence-electron chi connectivity index (χ2n) is 4.73. The largest absolute Gasteiger partial charge is 0.316 e. The molecule has 1 rings (SSSR count). The molecule has 4 nitrogen and oxygen atoms in total. The first-order chi connectivity index (χ1) is 10.0. The van der Waals surface area contributed by atoms with Crippen molar-refractivity contribution in [2.75, 3.05) is 25.6 Å². The zero-order chi connectivity index (χ0) is 15.7. The van der Waals surface area contributed by atoms with Gasteiger partial charge in [0.1, 0.15) is 5.82 Å². The van der Waals surface area contributed by atoms with Crippen LogP contribution in [-0.4, -0.2) is 34.0 Å². The highest BCUT2D eigenvalue weighted by atomic mass is 32.2. The molecule has 7 heteroatoms. The van der Waals surface area contributed by atoms with Gasteiger partial charge in [0.2, 0.25) is 10.0 Å². The van der Waals surface area contributed by atoms with Crippen LogP contribution in [0.4, 0.5) is 4.39 Å². The lowest BCUT2D eigenvalue weighted by atomic mass is 10.2. The summed E-state index contributed by atoms with van der Waals surface area (Å²) in [6.07, 6.45) is 4.95. The van der Waals surface area contributed by atoms with Crippen molar-refractivity contribution >= 4 is 21.8 Å². The molecule has 0 aliphatic carbocycles. The molecule has 0 spiro atoms. The van der Waals surface area contributed by atoms with Gasteiger partial charge in [-0.3, -0.25) is 0 Å². The smallest absolute Gasteiger partial charge is 0.240 e. The minimum Gasteiger partial charge on any atom is -0.316 e. The summed E-state index contributed by atoms with van der Waals surface area (Å²) >= 11 is 1.79. The summed E-state index contributed by atoms with van der Waals surface area (Å²) in [7, 11) is -1.87. The normalized spacial score (nSPS) is 11.8. The number of hydrogen-bond acceptors (Lipinski definition) is 4. The Morgan fingerprint density at radius 1 is 1.24 bits per heavy atom. The van der Waals surface area contributed by atoms with Crippen molar-refractivity contribution in [1.29, 1.82) is 0 Å². The monoisotopic (exact) mass is 334 g/mol. The summed E-state index contributed by atoms with van der Waals surface area (Å²) in [6, 6.07) is 3.87. The first-order valence-corrected chi connectivity index (χ1v) is 9.80. The Morgan fingerprint density at radius 2 is 2.00 bits per heavy atom. The Labute approximate surface area is 131 Å². The summed E-state index contributed by atoms with van der Waals surface area (Å²) in [5, 5.41) is 2.82. The predicted octanol–water partition coefficient (Wildman–Crippen LogP) is 2.36. The van der Waals surface area contributed by atoms with Crippen LogP contribution in [0, 0.1) is 5.82 Å². The van der Waals surface area contributed by atoms with Crippen molar-refractivity contribution in [3.05, 3.63) is 29.6 Å². The van der Waals surface area contributed by atoms with E-state index < -0.39 is 15.8 Å². The van der Waals surface area contributed by atoms with E-state index >= 15 is 0 Å². The van der Waals surface area contributed by atoms with Crippen LogP contribution in [0.25, 0.3) is 0 Å². The number of thioether (sulfide) groups is 1. The first-order valence-electron chi connectivity index (χ1n) is 6.93. The highest BCUT2D eigenvalue weighted by molar-refractivity contribution is 7.98. The number of halogens is 1. The lowest BCUT2D eigenvalue weighted by molar-refractivity contribution is 0.573. The number of sulfonamides is 1. The Kier molecular flexibility index (Phi) is 8.24. The van der Waals surface area contributed by atoms with Crippen LogP contribution >= 0.6 is 11.8 Å². The number of hydrogen-bond donors (Lipinski definition) is 2. The molecule has 0 aliphatic rings. The minimum atomic E-state index is -3.56. The average Bonchev–Trinajstić information content (AvgIpc) is 2.45. The molecule has 0 saturated heterocycles. The van der Waals surface area contributed by atoms with Crippen molar-refractivity contribution in [2.24, 2.45) is 0 Å². The highest BCUT2D eigenvalue weighted by Gasteiger charge is 2.15. The fourth-order valence-electron chi connectivity index (χ4n) is 1.88. The Bertz CT molecular complexity index is 536. The van der Waals surface area contributed by atoms with E-state index in [-0.39, 0.29) is 4.90 Å². The average molecular weight is 334 g/mol. The van der Waals surface area contributed by atoms with Gasteiger partial charge in [0.05, 0.1) is 4.90 Å². The van der Waals surface area contributed by atoms with Gasteiger partial charge in [-0.25, -0.2) is 17.5 Å². The zero-order valence-corrected chi connectivity index (χ0v) is 14.1. The molecule has 0 aliphatic heterocycles. The van der Waals surface area contributed by atoms with E-state index in [9.17, 15) is 12.8 Å². The van der Waals surface area contributed by atoms with Gasteiger partial charge in [-0.1, -0.05) is 6.42 Å². The Hall–Kier alpha value is -0.630. The maximum absolute atomic E-state index is 13.5. The van der Waals surface area contributed by atoms with E-state index in [0.717, 1.165) is 25.0 Å². The van der Waals surface area contributed by atoms with Crippen LogP contribution in [0.1, 0.15) is 24.8 Å². The second kappa shape index (κ2) is 9.40. The summed E-state index contributed by atoms with van der Waals surface area (Å²) in [6.45, 7) is 0.708. The van der Waals surface area contributed by atoms with Crippen LogP contribution in [0.2, 0.25) is 0 Å². The molecule has 0 atom stereocenters. The lowest BCUT2D eigenvalue weighted by Crippen LogP contribution is -2.25. The molecule has 0 unspecified atom stereocenters. The summed E-state index contributed by atoms with van der Waals surface area (Å²) < 4.78 is 40.3. The van der Waals surface area contributed by atoms with Gasteiger partial charge in [-0.15, -0.1) is 0 Å². The molecule has 0 amide bonds. The zero-order valence-electron chi connectivity index (χ0n) is 12.5. The number of nitrogens with one attached hydrogen (secondary N) is 2. The van der Waals surface area contributed by atoms with Crippen molar-refractivity contribution < 1.29 is 12.8 Å². The van der Waals surface area contributed by atoms with Crippen molar-refractivity contribution in [3.63, 3.8) is 0 Å². The van der Waals surface area contributed by atoms with Crippen molar-refractivity contribution in [2.45, 2.75) is 30.7 Å². The van der Waals surface area contributed by atoms with Gasteiger partial charge < -0.3 is 5.32 Å². The maximum atomic E-state index is 13.5.